The largest absolute Gasteiger partial charge is 0.341 e. The quantitative estimate of drug-likeness (QED) is 0.888. The van der Waals surface area contributed by atoms with Gasteiger partial charge in [0.25, 0.3) is 0 Å². The lowest BCUT2D eigenvalue weighted by Crippen LogP contribution is -2.35. The Morgan fingerprint density at radius 3 is 2.58 bits per heavy atom. The highest BCUT2D eigenvalue weighted by Crippen LogP contribution is 2.27. The van der Waals surface area contributed by atoms with E-state index in [9.17, 15) is 0 Å². The van der Waals surface area contributed by atoms with E-state index in [1.165, 1.54) is 0 Å². The Morgan fingerprint density at radius 1 is 1.21 bits per heavy atom. The summed E-state index contributed by atoms with van der Waals surface area (Å²) < 4.78 is 0. The van der Waals surface area contributed by atoms with E-state index in [1.54, 1.807) is 6.07 Å². The minimum absolute atomic E-state index is 0.0782. The predicted molar refractivity (Wildman–Crippen MR) is 80.6 cm³/mol. The van der Waals surface area contributed by atoms with Gasteiger partial charge in [0.1, 0.15) is 5.82 Å². The normalized spacial score (nSPS) is 11.8. The first-order valence-corrected chi connectivity index (χ1v) is 6.85. The molecule has 0 aliphatic heterocycles. The van der Waals surface area contributed by atoms with Crippen molar-refractivity contribution in [2.24, 2.45) is 0 Å². The Balaban J connectivity index is 2.14. The molecular formula is C14H17Cl2N3. The van der Waals surface area contributed by atoms with Crippen molar-refractivity contribution in [3.8, 4) is 11.4 Å². The molecule has 0 aliphatic rings. The van der Waals surface area contributed by atoms with Gasteiger partial charge in [0.2, 0.25) is 0 Å². The van der Waals surface area contributed by atoms with Crippen LogP contribution in [0.15, 0.2) is 24.4 Å². The molecule has 0 bridgehead atoms. The summed E-state index contributed by atoms with van der Waals surface area (Å²) in [7, 11) is 0. The van der Waals surface area contributed by atoms with Crippen molar-refractivity contribution in [3.63, 3.8) is 0 Å². The van der Waals surface area contributed by atoms with Crippen molar-refractivity contribution in [3.05, 3.63) is 40.1 Å². The fourth-order valence-electron chi connectivity index (χ4n) is 1.60. The van der Waals surface area contributed by atoms with Crippen molar-refractivity contribution in [1.82, 2.24) is 15.3 Å². The van der Waals surface area contributed by atoms with Crippen LogP contribution in [0.2, 0.25) is 10.0 Å². The number of nitrogens with one attached hydrogen (secondary N) is 2. The first-order chi connectivity index (χ1) is 8.85. The van der Waals surface area contributed by atoms with E-state index in [4.69, 9.17) is 23.2 Å². The molecular weight excluding hydrogens is 281 g/mol. The van der Waals surface area contributed by atoms with Crippen LogP contribution in [0, 0.1) is 0 Å². The van der Waals surface area contributed by atoms with Gasteiger partial charge in [0.05, 0.1) is 10.0 Å². The molecule has 0 saturated carbocycles. The standard InChI is InChI=1S/C14H17Cl2N3/c1-14(2,3)18-8-10-7-17-13(19-10)9-4-5-11(15)12(16)6-9/h4-7,18H,8H2,1-3H3,(H,17,19). The number of rotatable bonds is 3. The molecule has 0 radical (unpaired) electrons. The van der Waals surface area contributed by atoms with Gasteiger partial charge in [-0.2, -0.15) is 0 Å². The second-order valence-corrected chi connectivity index (χ2v) is 6.30. The number of nitrogens with zero attached hydrogens (tertiary/aromatic N) is 1. The van der Waals surface area contributed by atoms with Crippen LogP contribution in [0.5, 0.6) is 0 Å². The van der Waals surface area contributed by atoms with Gasteiger partial charge < -0.3 is 10.3 Å². The average Bonchev–Trinajstić information content (AvgIpc) is 2.78. The first-order valence-electron chi connectivity index (χ1n) is 6.09. The Kier molecular flexibility index (Phi) is 4.19. The third-order valence-electron chi connectivity index (χ3n) is 2.63. The highest BCUT2D eigenvalue weighted by Gasteiger charge is 2.10. The molecule has 0 saturated heterocycles. The Labute approximate surface area is 123 Å². The highest BCUT2D eigenvalue weighted by molar-refractivity contribution is 6.42. The summed E-state index contributed by atoms with van der Waals surface area (Å²) in [4.78, 5) is 7.63. The fraction of sp³-hybridized carbons (Fsp3) is 0.357. The first kappa shape index (κ1) is 14.4. The second kappa shape index (κ2) is 5.53. The third kappa shape index (κ3) is 3.96. The minimum Gasteiger partial charge on any atom is -0.341 e. The predicted octanol–water partition coefficient (Wildman–Crippen LogP) is 4.27. The van der Waals surface area contributed by atoms with Crippen LogP contribution in [-0.2, 0) is 6.54 Å². The smallest absolute Gasteiger partial charge is 0.137 e. The molecule has 0 spiro atoms. The maximum absolute atomic E-state index is 6.01. The van der Waals surface area contributed by atoms with Gasteiger partial charge >= 0.3 is 0 Å². The summed E-state index contributed by atoms with van der Waals surface area (Å²) in [6.45, 7) is 7.13. The van der Waals surface area contributed by atoms with Crippen molar-refractivity contribution in [1.29, 1.82) is 0 Å². The maximum Gasteiger partial charge on any atom is 0.137 e. The zero-order valence-corrected chi connectivity index (χ0v) is 12.7. The highest BCUT2D eigenvalue weighted by atomic mass is 35.5. The van der Waals surface area contributed by atoms with E-state index in [0.717, 1.165) is 23.6 Å². The van der Waals surface area contributed by atoms with Gasteiger partial charge in [-0.3, -0.25) is 0 Å². The van der Waals surface area contributed by atoms with Crippen molar-refractivity contribution in [2.75, 3.05) is 0 Å². The SMILES string of the molecule is CC(C)(C)NCc1cnc(-c2ccc(Cl)c(Cl)c2)[nH]1. The van der Waals surface area contributed by atoms with E-state index < -0.39 is 0 Å². The molecule has 0 fully saturated rings. The monoisotopic (exact) mass is 297 g/mol. The van der Waals surface area contributed by atoms with E-state index in [0.29, 0.717) is 10.0 Å². The number of halogens is 2. The molecule has 1 aromatic carbocycles. The van der Waals surface area contributed by atoms with Crippen LogP contribution >= 0.6 is 23.2 Å². The van der Waals surface area contributed by atoms with Gasteiger partial charge in [0.15, 0.2) is 0 Å². The van der Waals surface area contributed by atoms with E-state index in [2.05, 4.69) is 36.1 Å². The summed E-state index contributed by atoms with van der Waals surface area (Å²) in [5, 5.41) is 4.49. The van der Waals surface area contributed by atoms with Crippen molar-refractivity contribution >= 4 is 23.2 Å². The number of H-pyrrole nitrogens is 1. The lowest BCUT2D eigenvalue weighted by Gasteiger charge is -2.19. The minimum atomic E-state index is 0.0782. The molecule has 19 heavy (non-hydrogen) atoms. The summed E-state index contributed by atoms with van der Waals surface area (Å²) in [6, 6.07) is 5.48. The van der Waals surface area contributed by atoms with E-state index >= 15 is 0 Å². The molecule has 2 N–H and O–H groups in total. The molecule has 0 amide bonds. The van der Waals surface area contributed by atoms with Gasteiger partial charge in [0, 0.05) is 29.5 Å². The van der Waals surface area contributed by atoms with Gasteiger partial charge in [-0.15, -0.1) is 0 Å². The lowest BCUT2D eigenvalue weighted by atomic mass is 10.1. The summed E-state index contributed by atoms with van der Waals surface area (Å²) in [5.41, 5.74) is 2.04. The molecule has 5 heteroatoms. The summed E-state index contributed by atoms with van der Waals surface area (Å²) >= 11 is 11.9. The lowest BCUT2D eigenvalue weighted by molar-refractivity contribution is 0.422. The maximum atomic E-state index is 6.01. The zero-order valence-electron chi connectivity index (χ0n) is 11.2. The van der Waals surface area contributed by atoms with Crippen molar-refractivity contribution < 1.29 is 0 Å². The number of aromatic nitrogens is 2. The van der Waals surface area contributed by atoms with Crippen LogP contribution in [-0.4, -0.2) is 15.5 Å². The zero-order chi connectivity index (χ0) is 14.0. The van der Waals surface area contributed by atoms with Crippen LogP contribution < -0.4 is 5.32 Å². The second-order valence-electron chi connectivity index (χ2n) is 5.49. The van der Waals surface area contributed by atoms with Crippen LogP contribution in [0.1, 0.15) is 26.5 Å². The Bertz CT molecular complexity index is 570. The molecule has 2 rings (SSSR count). The van der Waals surface area contributed by atoms with E-state index in [1.807, 2.05) is 18.3 Å². The van der Waals surface area contributed by atoms with Crippen LogP contribution in [0.25, 0.3) is 11.4 Å². The molecule has 102 valence electrons. The molecule has 0 atom stereocenters. The topological polar surface area (TPSA) is 40.7 Å². The van der Waals surface area contributed by atoms with Gasteiger partial charge in [-0.25, -0.2) is 4.98 Å². The number of hydrogen-bond acceptors (Lipinski definition) is 2. The summed E-state index contributed by atoms with van der Waals surface area (Å²) in [5.74, 6) is 0.796. The molecule has 3 nitrogen and oxygen atoms in total. The Hall–Kier alpha value is -1.03. The van der Waals surface area contributed by atoms with Crippen LogP contribution in [0.4, 0.5) is 0 Å². The fourth-order valence-corrected chi connectivity index (χ4v) is 1.90. The molecule has 1 heterocycles. The van der Waals surface area contributed by atoms with Crippen LogP contribution in [0.3, 0.4) is 0 Å². The Morgan fingerprint density at radius 2 is 1.95 bits per heavy atom. The average molecular weight is 298 g/mol. The molecule has 1 aromatic heterocycles. The molecule has 0 aliphatic carbocycles. The molecule has 0 unspecified atom stereocenters. The van der Waals surface area contributed by atoms with E-state index in [-0.39, 0.29) is 5.54 Å². The number of imidazole rings is 1. The van der Waals surface area contributed by atoms with Gasteiger partial charge in [-0.05, 0) is 39.0 Å². The van der Waals surface area contributed by atoms with Crippen molar-refractivity contribution in [2.45, 2.75) is 32.9 Å². The number of benzene rings is 1. The number of hydrogen-bond donors (Lipinski definition) is 2. The molecule has 2 aromatic rings. The summed E-state index contributed by atoms with van der Waals surface area (Å²) in [6.07, 6.45) is 1.83. The third-order valence-corrected chi connectivity index (χ3v) is 3.37. The van der Waals surface area contributed by atoms with Gasteiger partial charge in [-0.1, -0.05) is 23.2 Å². The number of aromatic amines is 1.